The first-order valence-electron chi connectivity index (χ1n) is 8.15. The zero-order chi connectivity index (χ0) is 16.5. The average Bonchev–Trinajstić information content (AvgIpc) is 2.56. The molecule has 1 atom stereocenters. The molecule has 2 rings (SSSR count). The van der Waals surface area contributed by atoms with E-state index in [4.69, 9.17) is 9.47 Å². The monoisotopic (exact) mass is 318 g/mol. The largest absolute Gasteiger partial charge is 0.494 e. The van der Waals surface area contributed by atoms with Crippen LogP contribution in [0.15, 0.2) is 36.9 Å². The minimum absolute atomic E-state index is 0.0432. The summed E-state index contributed by atoms with van der Waals surface area (Å²) in [5.74, 6) is 0.913. The highest BCUT2D eigenvalue weighted by Gasteiger charge is 2.21. The summed E-state index contributed by atoms with van der Waals surface area (Å²) >= 11 is 0. The number of hydrogen-bond donors (Lipinski definition) is 1. The van der Waals surface area contributed by atoms with Crippen LogP contribution in [0.4, 0.5) is 0 Å². The highest BCUT2D eigenvalue weighted by Crippen LogP contribution is 2.16. The van der Waals surface area contributed by atoms with E-state index in [0.717, 1.165) is 24.4 Å². The SMILES string of the molecule is C=CCN(Cc1cccc(OCC)c1)C(=O)C[C@H]1CNCCO1. The molecule has 126 valence electrons. The first-order chi connectivity index (χ1) is 11.2. The van der Waals surface area contributed by atoms with Gasteiger partial charge in [0.15, 0.2) is 0 Å². The maximum atomic E-state index is 12.6. The third-order valence-electron chi connectivity index (χ3n) is 3.69. The third kappa shape index (κ3) is 5.69. The highest BCUT2D eigenvalue weighted by atomic mass is 16.5. The Balaban J connectivity index is 1.97. The number of carbonyl (C=O) groups excluding carboxylic acids is 1. The van der Waals surface area contributed by atoms with E-state index in [-0.39, 0.29) is 12.0 Å². The molecule has 0 unspecified atom stereocenters. The third-order valence-corrected chi connectivity index (χ3v) is 3.69. The molecule has 0 spiro atoms. The van der Waals surface area contributed by atoms with Gasteiger partial charge in [-0.15, -0.1) is 6.58 Å². The Morgan fingerprint density at radius 1 is 1.57 bits per heavy atom. The molecule has 0 aromatic heterocycles. The first kappa shape index (κ1) is 17.5. The van der Waals surface area contributed by atoms with Crippen molar-refractivity contribution in [3.05, 3.63) is 42.5 Å². The molecule has 0 aliphatic carbocycles. The van der Waals surface area contributed by atoms with Gasteiger partial charge in [0.1, 0.15) is 5.75 Å². The summed E-state index contributed by atoms with van der Waals surface area (Å²) in [5.41, 5.74) is 1.05. The summed E-state index contributed by atoms with van der Waals surface area (Å²) in [5, 5.41) is 3.25. The Labute approximate surface area is 138 Å². The van der Waals surface area contributed by atoms with Gasteiger partial charge in [-0.3, -0.25) is 4.79 Å². The van der Waals surface area contributed by atoms with Crippen LogP contribution in [0.25, 0.3) is 0 Å². The Kier molecular flexibility index (Phi) is 7.10. The van der Waals surface area contributed by atoms with Crippen LogP contribution in [0.1, 0.15) is 18.9 Å². The zero-order valence-electron chi connectivity index (χ0n) is 13.8. The van der Waals surface area contributed by atoms with Crippen molar-refractivity contribution in [1.82, 2.24) is 10.2 Å². The lowest BCUT2D eigenvalue weighted by Crippen LogP contribution is -2.42. The number of morpholine rings is 1. The van der Waals surface area contributed by atoms with Crippen molar-refractivity contribution >= 4 is 5.91 Å². The van der Waals surface area contributed by atoms with E-state index in [1.807, 2.05) is 31.2 Å². The summed E-state index contributed by atoms with van der Waals surface area (Å²) in [7, 11) is 0. The predicted molar refractivity (Wildman–Crippen MR) is 90.5 cm³/mol. The molecule has 0 saturated carbocycles. The molecular formula is C18H26N2O3. The quantitative estimate of drug-likeness (QED) is 0.745. The number of amides is 1. The van der Waals surface area contributed by atoms with E-state index in [2.05, 4.69) is 11.9 Å². The van der Waals surface area contributed by atoms with Gasteiger partial charge in [-0.1, -0.05) is 18.2 Å². The second-order valence-corrected chi connectivity index (χ2v) is 5.54. The van der Waals surface area contributed by atoms with Crippen LogP contribution in [-0.2, 0) is 16.1 Å². The number of rotatable bonds is 8. The Morgan fingerprint density at radius 3 is 3.13 bits per heavy atom. The zero-order valence-corrected chi connectivity index (χ0v) is 13.8. The molecular weight excluding hydrogens is 292 g/mol. The van der Waals surface area contributed by atoms with E-state index >= 15 is 0 Å². The van der Waals surface area contributed by atoms with Crippen molar-refractivity contribution in [2.45, 2.75) is 26.0 Å². The normalized spacial score (nSPS) is 17.5. The standard InChI is InChI=1S/C18H26N2O3/c1-3-9-20(18(21)12-17-13-19-8-10-23-17)14-15-6-5-7-16(11-15)22-4-2/h3,5-7,11,17,19H,1,4,8-10,12-14H2,2H3/t17-/m0/s1. The molecule has 1 aromatic rings. The second kappa shape index (κ2) is 9.33. The predicted octanol–water partition coefficient (Wildman–Crippen LogP) is 1.98. The van der Waals surface area contributed by atoms with Gasteiger partial charge in [-0.25, -0.2) is 0 Å². The van der Waals surface area contributed by atoms with Gasteiger partial charge in [0.25, 0.3) is 0 Å². The lowest BCUT2D eigenvalue weighted by molar-refractivity contribution is -0.134. The van der Waals surface area contributed by atoms with Crippen molar-refractivity contribution < 1.29 is 14.3 Å². The van der Waals surface area contributed by atoms with Crippen LogP contribution in [0, 0.1) is 0 Å². The number of hydrogen-bond acceptors (Lipinski definition) is 4. The van der Waals surface area contributed by atoms with Gasteiger partial charge in [0.2, 0.25) is 5.91 Å². The van der Waals surface area contributed by atoms with Crippen molar-refractivity contribution in [2.75, 3.05) is 32.8 Å². The highest BCUT2D eigenvalue weighted by molar-refractivity contribution is 5.77. The van der Waals surface area contributed by atoms with E-state index in [9.17, 15) is 4.79 Å². The van der Waals surface area contributed by atoms with Crippen LogP contribution < -0.4 is 10.1 Å². The van der Waals surface area contributed by atoms with Crippen molar-refractivity contribution in [1.29, 1.82) is 0 Å². The number of benzene rings is 1. The molecule has 0 bridgehead atoms. The summed E-state index contributed by atoms with van der Waals surface area (Å²) in [6.07, 6.45) is 2.11. The van der Waals surface area contributed by atoms with Crippen LogP contribution in [0.3, 0.4) is 0 Å². The average molecular weight is 318 g/mol. The van der Waals surface area contributed by atoms with E-state index in [0.29, 0.717) is 32.7 Å². The number of carbonyl (C=O) groups is 1. The number of nitrogens with one attached hydrogen (secondary N) is 1. The molecule has 1 N–H and O–H groups in total. The molecule has 1 aromatic carbocycles. The molecule has 1 amide bonds. The fraction of sp³-hybridized carbons (Fsp3) is 0.500. The van der Waals surface area contributed by atoms with E-state index in [1.165, 1.54) is 0 Å². The molecule has 0 radical (unpaired) electrons. The van der Waals surface area contributed by atoms with Gasteiger partial charge in [-0.2, -0.15) is 0 Å². The van der Waals surface area contributed by atoms with Crippen molar-refractivity contribution in [2.24, 2.45) is 0 Å². The maximum Gasteiger partial charge on any atom is 0.225 e. The summed E-state index contributed by atoms with van der Waals surface area (Å²) in [6, 6.07) is 7.86. The molecule has 1 fully saturated rings. The maximum absolute atomic E-state index is 12.6. The molecule has 5 nitrogen and oxygen atoms in total. The second-order valence-electron chi connectivity index (χ2n) is 5.54. The van der Waals surface area contributed by atoms with Gasteiger partial charge < -0.3 is 19.7 Å². The van der Waals surface area contributed by atoms with Gasteiger partial charge in [-0.05, 0) is 24.6 Å². The number of nitrogens with zero attached hydrogens (tertiary/aromatic N) is 1. The van der Waals surface area contributed by atoms with Gasteiger partial charge >= 0.3 is 0 Å². The smallest absolute Gasteiger partial charge is 0.225 e. The lowest BCUT2D eigenvalue weighted by Gasteiger charge is -2.27. The Hall–Kier alpha value is -1.85. The number of ether oxygens (including phenoxy) is 2. The van der Waals surface area contributed by atoms with Gasteiger partial charge in [0.05, 0.1) is 25.7 Å². The minimum atomic E-state index is -0.0432. The van der Waals surface area contributed by atoms with Crippen LogP contribution >= 0.6 is 0 Å². The topological polar surface area (TPSA) is 50.8 Å². The molecule has 1 aliphatic heterocycles. The van der Waals surface area contributed by atoms with Crippen LogP contribution in [-0.4, -0.2) is 49.8 Å². The van der Waals surface area contributed by atoms with E-state index in [1.54, 1.807) is 11.0 Å². The molecule has 1 aliphatic rings. The molecule has 5 heteroatoms. The molecule has 23 heavy (non-hydrogen) atoms. The molecule has 1 heterocycles. The van der Waals surface area contributed by atoms with Gasteiger partial charge in [0, 0.05) is 26.2 Å². The van der Waals surface area contributed by atoms with Crippen LogP contribution in [0.5, 0.6) is 5.75 Å². The summed E-state index contributed by atoms with van der Waals surface area (Å²) in [4.78, 5) is 14.4. The fourth-order valence-electron chi connectivity index (χ4n) is 2.61. The lowest BCUT2D eigenvalue weighted by atomic mass is 10.1. The summed E-state index contributed by atoms with van der Waals surface area (Å²) < 4.78 is 11.1. The van der Waals surface area contributed by atoms with Crippen molar-refractivity contribution in [3.63, 3.8) is 0 Å². The first-order valence-corrected chi connectivity index (χ1v) is 8.15. The Bertz CT molecular complexity index is 513. The minimum Gasteiger partial charge on any atom is -0.494 e. The van der Waals surface area contributed by atoms with Crippen molar-refractivity contribution in [3.8, 4) is 5.75 Å². The molecule has 1 saturated heterocycles. The summed E-state index contributed by atoms with van der Waals surface area (Å²) in [6.45, 7) is 9.66. The Morgan fingerprint density at radius 2 is 2.43 bits per heavy atom. The van der Waals surface area contributed by atoms with E-state index < -0.39 is 0 Å². The van der Waals surface area contributed by atoms with Crippen LogP contribution in [0.2, 0.25) is 0 Å². The fourth-order valence-corrected chi connectivity index (χ4v) is 2.61.